The SMILES string of the molecule is COc1ccc(-c2csc(NC(=O)C(C)Sc3nnc4cc(C)c5cc(C)cc(C)c5n34)n2)cc1. The van der Waals surface area contributed by atoms with Gasteiger partial charge in [0.2, 0.25) is 5.91 Å². The normalized spacial score (nSPS) is 12.3. The smallest absolute Gasteiger partial charge is 0.239 e. The zero-order valence-electron chi connectivity index (χ0n) is 20.1. The number of carbonyl (C=O) groups is 1. The molecule has 7 nitrogen and oxygen atoms in total. The molecule has 1 atom stereocenters. The minimum Gasteiger partial charge on any atom is -0.497 e. The number of nitrogens with zero attached hydrogens (tertiary/aromatic N) is 4. The molecule has 9 heteroatoms. The second-order valence-corrected chi connectivity index (χ2v) is 10.7. The van der Waals surface area contributed by atoms with Gasteiger partial charge in [-0.2, -0.15) is 0 Å². The van der Waals surface area contributed by atoms with E-state index in [1.807, 2.05) is 42.6 Å². The highest BCUT2D eigenvalue weighted by Gasteiger charge is 2.21. The van der Waals surface area contributed by atoms with Crippen LogP contribution >= 0.6 is 23.1 Å². The maximum Gasteiger partial charge on any atom is 0.239 e. The van der Waals surface area contributed by atoms with Gasteiger partial charge in [-0.3, -0.25) is 9.20 Å². The molecule has 3 heterocycles. The molecule has 5 rings (SSSR count). The fraction of sp³-hybridized carbons (Fsp3) is 0.231. The first kappa shape index (κ1) is 23.3. The summed E-state index contributed by atoms with van der Waals surface area (Å²) in [5.74, 6) is 0.656. The van der Waals surface area contributed by atoms with E-state index in [2.05, 4.69) is 57.8 Å². The number of amides is 1. The third-order valence-electron chi connectivity index (χ3n) is 5.87. The van der Waals surface area contributed by atoms with E-state index in [1.54, 1.807) is 7.11 Å². The van der Waals surface area contributed by atoms with Crippen LogP contribution in [0.4, 0.5) is 5.13 Å². The minimum absolute atomic E-state index is 0.133. The molecule has 0 saturated carbocycles. The highest BCUT2D eigenvalue weighted by Crippen LogP contribution is 2.31. The fourth-order valence-electron chi connectivity index (χ4n) is 4.13. The number of benzene rings is 2. The first-order valence-electron chi connectivity index (χ1n) is 11.2. The van der Waals surface area contributed by atoms with Gasteiger partial charge in [0.1, 0.15) is 5.75 Å². The average molecular weight is 504 g/mol. The van der Waals surface area contributed by atoms with Gasteiger partial charge in [0, 0.05) is 16.3 Å². The molecule has 0 radical (unpaired) electrons. The topological polar surface area (TPSA) is 81.4 Å². The van der Waals surface area contributed by atoms with Gasteiger partial charge in [-0.25, -0.2) is 4.98 Å². The summed E-state index contributed by atoms with van der Waals surface area (Å²) in [5, 5.41) is 15.7. The Labute approximate surface area is 211 Å². The van der Waals surface area contributed by atoms with Crippen LogP contribution in [-0.2, 0) is 4.79 Å². The van der Waals surface area contributed by atoms with Crippen molar-refractivity contribution in [1.29, 1.82) is 0 Å². The van der Waals surface area contributed by atoms with Crippen molar-refractivity contribution in [1.82, 2.24) is 19.6 Å². The molecule has 0 aliphatic carbocycles. The number of hydrogen-bond donors (Lipinski definition) is 1. The zero-order valence-corrected chi connectivity index (χ0v) is 21.8. The van der Waals surface area contributed by atoms with Crippen LogP contribution < -0.4 is 10.1 Å². The molecule has 35 heavy (non-hydrogen) atoms. The summed E-state index contributed by atoms with van der Waals surface area (Å²) in [7, 11) is 1.64. The molecule has 1 unspecified atom stereocenters. The molecule has 3 aromatic heterocycles. The predicted octanol–water partition coefficient (Wildman–Crippen LogP) is 6.06. The number of hydrogen-bond acceptors (Lipinski definition) is 7. The summed E-state index contributed by atoms with van der Waals surface area (Å²) in [6.07, 6.45) is 0. The van der Waals surface area contributed by atoms with Crippen molar-refractivity contribution in [2.24, 2.45) is 0 Å². The molecule has 0 saturated heterocycles. The lowest BCUT2D eigenvalue weighted by atomic mass is 10.0. The molecule has 0 fully saturated rings. The van der Waals surface area contributed by atoms with Gasteiger partial charge in [0.25, 0.3) is 0 Å². The number of fused-ring (bicyclic) bond motifs is 3. The Kier molecular flexibility index (Phi) is 6.21. The quantitative estimate of drug-likeness (QED) is 0.284. The zero-order chi connectivity index (χ0) is 24.7. The Morgan fingerprint density at radius 3 is 2.60 bits per heavy atom. The van der Waals surface area contributed by atoms with E-state index in [-0.39, 0.29) is 5.91 Å². The first-order chi connectivity index (χ1) is 16.8. The van der Waals surface area contributed by atoms with Gasteiger partial charge >= 0.3 is 0 Å². The number of aryl methyl sites for hydroxylation is 3. The number of pyridine rings is 1. The third kappa shape index (κ3) is 4.49. The van der Waals surface area contributed by atoms with Crippen molar-refractivity contribution >= 4 is 50.7 Å². The van der Waals surface area contributed by atoms with Crippen LogP contribution in [0.2, 0.25) is 0 Å². The first-order valence-corrected chi connectivity index (χ1v) is 12.9. The van der Waals surface area contributed by atoms with Crippen molar-refractivity contribution in [3.05, 3.63) is 64.5 Å². The summed E-state index contributed by atoms with van der Waals surface area (Å²) in [6.45, 7) is 8.16. The summed E-state index contributed by atoms with van der Waals surface area (Å²) in [6, 6.07) is 14.1. The molecule has 0 bridgehead atoms. The summed E-state index contributed by atoms with van der Waals surface area (Å²) >= 11 is 2.79. The summed E-state index contributed by atoms with van der Waals surface area (Å²) in [5.41, 5.74) is 7.16. The summed E-state index contributed by atoms with van der Waals surface area (Å²) < 4.78 is 7.26. The lowest BCUT2D eigenvalue weighted by molar-refractivity contribution is -0.115. The van der Waals surface area contributed by atoms with E-state index >= 15 is 0 Å². The van der Waals surface area contributed by atoms with Crippen LogP contribution in [0.5, 0.6) is 5.75 Å². The number of rotatable bonds is 6. The molecule has 5 aromatic rings. The van der Waals surface area contributed by atoms with Crippen LogP contribution in [-0.4, -0.2) is 37.8 Å². The number of nitrogens with one attached hydrogen (secondary N) is 1. The van der Waals surface area contributed by atoms with E-state index < -0.39 is 5.25 Å². The Hall–Kier alpha value is -3.43. The minimum atomic E-state index is -0.391. The number of aromatic nitrogens is 4. The van der Waals surface area contributed by atoms with Crippen molar-refractivity contribution < 1.29 is 9.53 Å². The second kappa shape index (κ2) is 9.31. The summed E-state index contributed by atoms with van der Waals surface area (Å²) in [4.78, 5) is 17.6. The number of thiazole rings is 1. The molecule has 0 aliphatic rings. The standard InChI is InChI=1S/C26H25N5O2S2/c1-14-10-16(3)23-20(11-14)15(2)12-22-29-30-26(31(22)23)35-17(4)24(32)28-25-27-21(13-34-25)18-6-8-19(33-5)9-7-18/h6-13,17H,1-5H3,(H,27,28,32). The second-order valence-electron chi connectivity index (χ2n) is 8.50. The van der Waals surface area contributed by atoms with Gasteiger partial charge in [-0.05, 0) is 75.2 Å². The Bertz CT molecular complexity index is 1560. The fourth-order valence-corrected chi connectivity index (χ4v) is 5.72. The van der Waals surface area contributed by atoms with Crippen molar-refractivity contribution in [3.63, 3.8) is 0 Å². The van der Waals surface area contributed by atoms with E-state index in [1.165, 1.54) is 34.0 Å². The molecule has 0 spiro atoms. The Morgan fingerprint density at radius 2 is 1.86 bits per heavy atom. The lowest BCUT2D eigenvalue weighted by Crippen LogP contribution is -2.22. The molecule has 1 amide bonds. The molecule has 1 N–H and O–H groups in total. The Morgan fingerprint density at radius 1 is 1.09 bits per heavy atom. The number of ether oxygens (including phenoxy) is 1. The van der Waals surface area contributed by atoms with Crippen LogP contribution in [0.1, 0.15) is 23.6 Å². The van der Waals surface area contributed by atoms with Crippen LogP contribution in [0, 0.1) is 20.8 Å². The van der Waals surface area contributed by atoms with E-state index in [0.29, 0.717) is 10.3 Å². The van der Waals surface area contributed by atoms with Gasteiger partial charge in [-0.1, -0.05) is 23.4 Å². The van der Waals surface area contributed by atoms with E-state index in [9.17, 15) is 4.79 Å². The molecule has 2 aromatic carbocycles. The third-order valence-corrected chi connectivity index (χ3v) is 7.67. The number of carbonyl (C=O) groups excluding carboxylic acids is 1. The molecule has 178 valence electrons. The van der Waals surface area contributed by atoms with Crippen LogP contribution in [0.3, 0.4) is 0 Å². The molecular formula is C26H25N5O2S2. The maximum absolute atomic E-state index is 13.0. The number of thioether (sulfide) groups is 1. The molecule has 0 aliphatic heterocycles. The van der Waals surface area contributed by atoms with Gasteiger partial charge < -0.3 is 10.1 Å². The van der Waals surface area contributed by atoms with E-state index in [4.69, 9.17) is 4.74 Å². The van der Waals surface area contributed by atoms with Crippen LogP contribution in [0.15, 0.2) is 53.0 Å². The van der Waals surface area contributed by atoms with Gasteiger partial charge in [0.05, 0.1) is 23.6 Å². The monoisotopic (exact) mass is 503 g/mol. The van der Waals surface area contributed by atoms with Crippen LogP contribution in [0.25, 0.3) is 27.8 Å². The van der Waals surface area contributed by atoms with Gasteiger partial charge in [0.15, 0.2) is 15.9 Å². The number of methoxy groups -OCH3 is 1. The van der Waals surface area contributed by atoms with Crippen molar-refractivity contribution in [2.45, 2.75) is 38.1 Å². The highest BCUT2D eigenvalue weighted by molar-refractivity contribution is 8.00. The van der Waals surface area contributed by atoms with Crippen molar-refractivity contribution in [3.8, 4) is 17.0 Å². The number of anilines is 1. The average Bonchev–Trinajstić information content (AvgIpc) is 3.46. The Balaban J connectivity index is 1.37. The maximum atomic E-state index is 13.0. The lowest BCUT2D eigenvalue weighted by Gasteiger charge is -2.13. The van der Waals surface area contributed by atoms with Crippen molar-refractivity contribution in [2.75, 3.05) is 12.4 Å². The van der Waals surface area contributed by atoms with E-state index in [0.717, 1.165) is 39.3 Å². The largest absolute Gasteiger partial charge is 0.497 e. The van der Waals surface area contributed by atoms with Gasteiger partial charge in [-0.15, -0.1) is 21.5 Å². The predicted molar refractivity (Wildman–Crippen MR) is 143 cm³/mol. The highest BCUT2D eigenvalue weighted by atomic mass is 32.2. The molecular weight excluding hydrogens is 478 g/mol.